The number of ether oxygens (including phenoxy) is 1. The lowest BCUT2D eigenvalue weighted by Gasteiger charge is -2.28. The first-order chi connectivity index (χ1) is 15.9. The maximum absolute atomic E-state index is 13.5. The number of nitrogens with one attached hydrogen (secondary N) is 2. The zero-order valence-corrected chi connectivity index (χ0v) is 18.0. The van der Waals surface area contributed by atoms with Crippen molar-refractivity contribution in [2.45, 2.75) is 37.6 Å². The molecule has 0 unspecified atom stereocenters. The Bertz CT molecular complexity index is 1340. The van der Waals surface area contributed by atoms with Crippen molar-refractivity contribution in [2.75, 3.05) is 19.5 Å². The third kappa shape index (κ3) is 3.81. The molecule has 4 aromatic heterocycles. The minimum Gasteiger partial charge on any atom is -0.479 e. The number of carbonyl (C=O) groups is 1. The maximum atomic E-state index is 13.5. The van der Waals surface area contributed by atoms with Crippen LogP contribution in [0.2, 0.25) is 0 Å². The number of anilines is 1. The number of amides is 1. The molecule has 0 aromatic carbocycles. The molecule has 0 aliphatic heterocycles. The maximum Gasteiger partial charge on any atom is 0.269 e. The molecular formula is C21H22F2N8O2. The predicted octanol–water partition coefficient (Wildman–Crippen LogP) is 2.80. The first-order valence-electron chi connectivity index (χ1n) is 10.5. The molecule has 0 radical (unpaired) electrons. The monoisotopic (exact) mass is 456 g/mol. The second-order valence-corrected chi connectivity index (χ2v) is 7.98. The molecule has 0 bridgehead atoms. The highest BCUT2D eigenvalue weighted by atomic mass is 19.3. The lowest BCUT2D eigenvalue weighted by molar-refractivity contribution is -0.0361. The third-order valence-corrected chi connectivity index (χ3v) is 5.86. The van der Waals surface area contributed by atoms with E-state index in [0.29, 0.717) is 47.2 Å². The Balaban J connectivity index is 1.51. The Morgan fingerprint density at radius 3 is 2.73 bits per heavy atom. The van der Waals surface area contributed by atoms with Gasteiger partial charge in [-0.05, 0) is 18.9 Å². The number of nitrogens with zero attached hydrogens (tertiary/aromatic N) is 6. The average molecular weight is 456 g/mol. The summed E-state index contributed by atoms with van der Waals surface area (Å²) in [6.07, 6.45) is 7.02. The topological polar surface area (TPSA) is 111 Å². The molecule has 5 rings (SSSR count). The SMILES string of the molecule is CNC(=O)c1cnc2ncc(-c3ccn4nc(NC5CCC(F)(F)CC5)nc(OC)c34)cn12. The molecule has 12 heteroatoms. The summed E-state index contributed by atoms with van der Waals surface area (Å²) < 4.78 is 35.7. The zero-order chi connectivity index (χ0) is 23.2. The van der Waals surface area contributed by atoms with E-state index in [-0.39, 0.29) is 24.8 Å². The summed E-state index contributed by atoms with van der Waals surface area (Å²) in [6.45, 7) is 0. The van der Waals surface area contributed by atoms with Crippen molar-refractivity contribution in [2.24, 2.45) is 0 Å². The Morgan fingerprint density at radius 1 is 1.24 bits per heavy atom. The minimum absolute atomic E-state index is 0.127. The van der Waals surface area contributed by atoms with Gasteiger partial charge in [0.1, 0.15) is 11.2 Å². The van der Waals surface area contributed by atoms with Gasteiger partial charge in [0, 0.05) is 55.6 Å². The van der Waals surface area contributed by atoms with Gasteiger partial charge in [0.25, 0.3) is 5.91 Å². The van der Waals surface area contributed by atoms with E-state index < -0.39 is 5.92 Å². The van der Waals surface area contributed by atoms with Crippen molar-refractivity contribution in [3.05, 3.63) is 36.5 Å². The fourth-order valence-electron chi connectivity index (χ4n) is 4.10. The lowest BCUT2D eigenvalue weighted by Crippen LogP contribution is -2.32. The molecule has 172 valence electrons. The number of imidazole rings is 1. The van der Waals surface area contributed by atoms with Crippen LogP contribution in [0, 0.1) is 0 Å². The summed E-state index contributed by atoms with van der Waals surface area (Å²) >= 11 is 0. The smallest absolute Gasteiger partial charge is 0.269 e. The van der Waals surface area contributed by atoms with Crippen LogP contribution in [0.3, 0.4) is 0 Å². The van der Waals surface area contributed by atoms with Gasteiger partial charge in [-0.3, -0.25) is 9.20 Å². The summed E-state index contributed by atoms with van der Waals surface area (Å²) in [5.41, 5.74) is 2.44. The third-order valence-electron chi connectivity index (χ3n) is 5.86. The zero-order valence-electron chi connectivity index (χ0n) is 18.0. The van der Waals surface area contributed by atoms with Crippen LogP contribution >= 0.6 is 0 Å². The van der Waals surface area contributed by atoms with Gasteiger partial charge in [-0.15, -0.1) is 5.10 Å². The van der Waals surface area contributed by atoms with E-state index in [9.17, 15) is 13.6 Å². The largest absolute Gasteiger partial charge is 0.479 e. The average Bonchev–Trinajstić information content (AvgIpc) is 3.43. The predicted molar refractivity (Wildman–Crippen MR) is 116 cm³/mol. The van der Waals surface area contributed by atoms with E-state index in [4.69, 9.17) is 4.74 Å². The van der Waals surface area contributed by atoms with Crippen LogP contribution in [0.25, 0.3) is 22.4 Å². The van der Waals surface area contributed by atoms with Crippen LogP contribution in [0.1, 0.15) is 36.2 Å². The number of carbonyl (C=O) groups excluding carboxylic acids is 1. The van der Waals surface area contributed by atoms with Crippen molar-refractivity contribution in [1.29, 1.82) is 0 Å². The molecule has 1 aliphatic rings. The van der Waals surface area contributed by atoms with E-state index >= 15 is 0 Å². The van der Waals surface area contributed by atoms with Crippen LogP contribution in [-0.4, -0.2) is 61.0 Å². The van der Waals surface area contributed by atoms with Gasteiger partial charge in [0.05, 0.1) is 13.3 Å². The number of rotatable bonds is 5. The molecule has 4 heterocycles. The second kappa shape index (κ2) is 7.94. The van der Waals surface area contributed by atoms with Crippen molar-refractivity contribution in [3.8, 4) is 17.0 Å². The second-order valence-electron chi connectivity index (χ2n) is 7.98. The number of alkyl halides is 2. The highest BCUT2D eigenvalue weighted by Gasteiger charge is 2.35. The number of methoxy groups -OCH3 is 1. The van der Waals surface area contributed by atoms with E-state index in [2.05, 4.69) is 30.7 Å². The Hall–Kier alpha value is -3.83. The van der Waals surface area contributed by atoms with Gasteiger partial charge >= 0.3 is 0 Å². The summed E-state index contributed by atoms with van der Waals surface area (Å²) in [6, 6.07) is 1.72. The highest BCUT2D eigenvalue weighted by molar-refractivity contribution is 5.93. The molecule has 2 N–H and O–H groups in total. The van der Waals surface area contributed by atoms with Crippen LogP contribution in [0.5, 0.6) is 5.88 Å². The molecule has 0 atom stereocenters. The van der Waals surface area contributed by atoms with Gasteiger partial charge < -0.3 is 15.4 Å². The molecule has 1 aliphatic carbocycles. The minimum atomic E-state index is -2.60. The number of halogens is 2. The Labute approximate surface area is 187 Å². The lowest BCUT2D eigenvalue weighted by atomic mass is 9.92. The van der Waals surface area contributed by atoms with E-state index in [0.717, 1.165) is 5.56 Å². The number of hydrogen-bond acceptors (Lipinski definition) is 7. The normalized spacial score (nSPS) is 16.2. The van der Waals surface area contributed by atoms with E-state index in [1.165, 1.54) is 13.3 Å². The molecule has 0 saturated heterocycles. The molecule has 4 aromatic rings. The first-order valence-corrected chi connectivity index (χ1v) is 10.5. The first kappa shape index (κ1) is 21.0. The van der Waals surface area contributed by atoms with Gasteiger partial charge in [-0.1, -0.05) is 0 Å². The van der Waals surface area contributed by atoms with Crippen LogP contribution < -0.4 is 15.4 Å². The molecule has 1 saturated carbocycles. The molecule has 1 amide bonds. The van der Waals surface area contributed by atoms with Gasteiger partial charge in [-0.25, -0.2) is 23.3 Å². The molecule has 0 spiro atoms. The Morgan fingerprint density at radius 2 is 2.00 bits per heavy atom. The molecule has 1 fully saturated rings. The molecular weight excluding hydrogens is 434 g/mol. The standard InChI is InChI=1S/C21H22F2N8O2/c1-24-17(32)15-10-26-20-25-9-12(11-30(15)20)14-5-8-31-16(14)18(33-2)28-19(29-31)27-13-3-6-21(22,23)7-4-13/h5,8-11,13H,3-4,6-7H2,1-2H3,(H,24,32)(H,27,29). The fourth-order valence-corrected chi connectivity index (χ4v) is 4.10. The number of aromatic nitrogens is 6. The van der Waals surface area contributed by atoms with Gasteiger partial charge in [0.2, 0.25) is 23.5 Å². The van der Waals surface area contributed by atoms with Crippen molar-refractivity contribution < 1.29 is 18.3 Å². The molecule has 33 heavy (non-hydrogen) atoms. The summed E-state index contributed by atoms with van der Waals surface area (Å²) in [5, 5.41) is 10.2. The highest BCUT2D eigenvalue weighted by Crippen LogP contribution is 2.35. The van der Waals surface area contributed by atoms with E-state index in [1.807, 2.05) is 6.07 Å². The van der Waals surface area contributed by atoms with Crippen LogP contribution in [-0.2, 0) is 0 Å². The van der Waals surface area contributed by atoms with Gasteiger partial charge in [-0.2, -0.15) is 4.98 Å². The fraction of sp³-hybridized carbons (Fsp3) is 0.381. The van der Waals surface area contributed by atoms with Crippen LogP contribution in [0.15, 0.2) is 30.9 Å². The molecule has 10 nitrogen and oxygen atoms in total. The Kier molecular flexibility index (Phi) is 5.06. The van der Waals surface area contributed by atoms with Crippen LogP contribution in [0.4, 0.5) is 14.7 Å². The van der Waals surface area contributed by atoms with Crippen molar-refractivity contribution in [3.63, 3.8) is 0 Å². The van der Waals surface area contributed by atoms with Crippen molar-refractivity contribution >= 4 is 23.1 Å². The summed E-state index contributed by atoms with van der Waals surface area (Å²) in [7, 11) is 3.05. The number of fused-ring (bicyclic) bond motifs is 2. The van der Waals surface area contributed by atoms with Gasteiger partial charge in [0.15, 0.2) is 0 Å². The van der Waals surface area contributed by atoms with Crippen molar-refractivity contribution in [1.82, 2.24) is 34.3 Å². The quantitative estimate of drug-likeness (QED) is 0.475. The van der Waals surface area contributed by atoms with E-state index in [1.54, 1.807) is 34.6 Å². The summed E-state index contributed by atoms with van der Waals surface area (Å²) in [4.78, 5) is 25.1. The summed E-state index contributed by atoms with van der Waals surface area (Å²) in [5.74, 6) is -1.85. The number of hydrogen-bond donors (Lipinski definition) is 2.